The van der Waals surface area contributed by atoms with Gasteiger partial charge in [-0.05, 0) is 38.8 Å². The third kappa shape index (κ3) is 5.97. The summed E-state index contributed by atoms with van der Waals surface area (Å²) in [4.78, 5) is 14.1. The molecule has 156 valence electrons. The molecule has 1 amide bonds. The van der Waals surface area contributed by atoms with E-state index in [9.17, 15) is 18.0 Å². The predicted octanol–water partition coefficient (Wildman–Crippen LogP) is 2.49. The molecule has 1 aliphatic heterocycles. The second-order valence-corrected chi connectivity index (χ2v) is 8.02. The maximum atomic E-state index is 13.8. The number of nitrogens with zero attached hydrogens (tertiary/aromatic N) is 1. The molecule has 1 aromatic carbocycles. The molecule has 0 saturated carbocycles. The number of carbonyl (C=O) groups excluding carboxylic acids is 1. The monoisotopic (exact) mass is 399 g/mol. The zero-order valence-electron chi connectivity index (χ0n) is 16.5. The molecule has 5 nitrogen and oxygen atoms in total. The van der Waals surface area contributed by atoms with Gasteiger partial charge in [0.05, 0.1) is 12.2 Å². The summed E-state index contributed by atoms with van der Waals surface area (Å²) < 4.78 is 46.0. The van der Waals surface area contributed by atoms with Crippen molar-refractivity contribution in [3.8, 4) is 0 Å². The van der Waals surface area contributed by atoms with Crippen molar-refractivity contribution in [2.75, 3.05) is 19.7 Å². The quantitative estimate of drug-likeness (QED) is 0.692. The third-order valence-electron chi connectivity index (χ3n) is 4.48. The number of amides is 1. The number of nitrogens with one attached hydrogen (secondary N) is 1. The maximum absolute atomic E-state index is 13.8. The largest absolute Gasteiger partial charge is 0.373 e. The number of hydrogen-bond acceptors (Lipinski definition) is 4. The molecule has 0 aromatic heterocycles. The van der Waals surface area contributed by atoms with E-state index in [4.69, 9.17) is 10.5 Å². The van der Waals surface area contributed by atoms with Crippen LogP contribution in [0.15, 0.2) is 24.4 Å². The summed E-state index contributed by atoms with van der Waals surface area (Å²) in [6.45, 7) is 10.9. The first-order chi connectivity index (χ1) is 13.0. The van der Waals surface area contributed by atoms with E-state index in [0.29, 0.717) is 24.9 Å². The average Bonchev–Trinajstić information content (AvgIpc) is 2.57. The van der Waals surface area contributed by atoms with Crippen LogP contribution in [0.4, 0.5) is 13.2 Å². The molecular formula is C20H28F3N3O2. The summed E-state index contributed by atoms with van der Waals surface area (Å²) in [5.41, 5.74) is 6.32. The van der Waals surface area contributed by atoms with Crippen molar-refractivity contribution >= 4 is 5.91 Å². The van der Waals surface area contributed by atoms with Crippen LogP contribution in [-0.4, -0.2) is 48.2 Å². The fraction of sp³-hybridized carbons (Fsp3) is 0.550. The Morgan fingerprint density at radius 3 is 2.61 bits per heavy atom. The standard InChI is InChI=1S/C20H28F3N3O2/c1-12(7-14(24)8-13-9-16(22)17(23)10-15(13)21)26-6-5-25-19(27)18(26)11-28-20(2,3)4/h9-10,14,18H,1,5-8,11,24H2,2-4H3,(H,25,27)/t14-,18+/m0/s1. The molecule has 0 unspecified atom stereocenters. The second-order valence-electron chi connectivity index (χ2n) is 8.02. The molecule has 1 fully saturated rings. The van der Waals surface area contributed by atoms with Crippen LogP contribution < -0.4 is 11.1 Å². The van der Waals surface area contributed by atoms with Gasteiger partial charge < -0.3 is 20.7 Å². The van der Waals surface area contributed by atoms with Gasteiger partial charge in [-0.2, -0.15) is 0 Å². The summed E-state index contributed by atoms with van der Waals surface area (Å²) in [7, 11) is 0. The molecule has 0 spiro atoms. The van der Waals surface area contributed by atoms with E-state index in [0.717, 1.165) is 6.07 Å². The second kappa shape index (κ2) is 8.96. The Kier molecular flexibility index (Phi) is 7.11. The molecule has 0 radical (unpaired) electrons. The fourth-order valence-corrected chi connectivity index (χ4v) is 3.08. The Morgan fingerprint density at radius 2 is 1.96 bits per heavy atom. The minimum atomic E-state index is -1.24. The Labute approximate surface area is 163 Å². The fourth-order valence-electron chi connectivity index (χ4n) is 3.08. The van der Waals surface area contributed by atoms with Crippen molar-refractivity contribution in [1.29, 1.82) is 0 Å². The number of ether oxygens (including phenoxy) is 1. The van der Waals surface area contributed by atoms with Crippen LogP contribution in [0.1, 0.15) is 32.8 Å². The topological polar surface area (TPSA) is 67.6 Å². The highest BCUT2D eigenvalue weighted by molar-refractivity contribution is 5.83. The molecule has 0 bridgehead atoms. The molecule has 1 aliphatic rings. The highest BCUT2D eigenvalue weighted by Crippen LogP contribution is 2.21. The number of hydrogen-bond donors (Lipinski definition) is 2. The maximum Gasteiger partial charge on any atom is 0.245 e. The zero-order valence-corrected chi connectivity index (χ0v) is 16.5. The smallest absolute Gasteiger partial charge is 0.245 e. The van der Waals surface area contributed by atoms with Crippen LogP contribution >= 0.6 is 0 Å². The van der Waals surface area contributed by atoms with Crippen LogP contribution in [0.3, 0.4) is 0 Å². The molecule has 1 aromatic rings. The number of carbonyl (C=O) groups is 1. The van der Waals surface area contributed by atoms with Gasteiger partial charge in [0.2, 0.25) is 5.91 Å². The minimum Gasteiger partial charge on any atom is -0.373 e. The molecule has 1 saturated heterocycles. The van der Waals surface area contributed by atoms with Gasteiger partial charge >= 0.3 is 0 Å². The van der Waals surface area contributed by atoms with Crippen LogP contribution in [-0.2, 0) is 16.0 Å². The van der Waals surface area contributed by atoms with Gasteiger partial charge in [-0.1, -0.05) is 6.58 Å². The summed E-state index contributed by atoms with van der Waals surface area (Å²) in [5, 5.41) is 2.81. The summed E-state index contributed by atoms with van der Waals surface area (Å²) in [6.07, 6.45) is 0.295. The first-order valence-corrected chi connectivity index (χ1v) is 9.23. The van der Waals surface area contributed by atoms with Crippen molar-refractivity contribution in [3.05, 3.63) is 47.4 Å². The highest BCUT2D eigenvalue weighted by atomic mass is 19.2. The molecule has 8 heteroatoms. The van der Waals surface area contributed by atoms with E-state index in [2.05, 4.69) is 11.9 Å². The van der Waals surface area contributed by atoms with Gasteiger partial charge in [0.1, 0.15) is 11.9 Å². The van der Waals surface area contributed by atoms with Crippen LogP contribution in [0.5, 0.6) is 0 Å². The Bertz CT molecular complexity index is 734. The van der Waals surface area contributed by atoms with E-state index in [1.54, 1.807) is 0 Å². The number of nitrogens with two attached hydrogens (primary N) is 1. The molecule has 2 rings (SSSR count). The van der Waals surface area contributed by atoms with Crippen molar-refractivity contribution in [3.63, 3.8) is 0 Å². The molecule has 3 N–H and O–H groups in total. The SMILES string of the molecule is C=C(C[C@H](N)Cc1cc(F)c(F)cc1F)N1CCNC(=O)[C@H]1COC(C)(C)C. The zero-order chi connectivity index (χ0) is 21.1. The van der Waals surface area contributed by atoms with E-state index < -0.39 is 35.1 Å². The van der Waals surface area contributed by atoms with E-state index in [1.807, 2.05) is 25.7 Å². The van der Waals surface area contributed by atoms with Gasteiger partial charge in [-0.3, -0.25) is 4.79 Å². The lowest BCUT2D eigenvalue weighted by atomic mass is 10.0. The first kappa shape index (κ1) is 22.2. The normalized spacial score (nSPS) is 18.8. The number of piperazine rings is 1. The Balaban J connectivity index is 2.02. The van der Waals surface area contributed by atoms with E-state index in [1.165, 1.54) is 0 Å². The number of benzene rings is 1. The minimum absolute atomic E-state index is 0.00297. The summed E-state index contributed by atoms with van der Waals surface area (Å²) in [5.74, 6) is -3.35. The molecule has 2 atom stereocenters. The lowest BCUT2D eigenvalue weighted by Gasteiger charge is -2.39. The van der Waals surface area contributed by atoms with Crippen LogP contribution in [0.2, 0.25) is 0 Å². The van der Waals surface area contributed by atoms with Crippen molar-refractivity contribution in [2.24, 2.45) is 5.73 Å². The van der Waals surface area contributed by atoms with Crippen LogP contribution in [0, 0.1) is 17.5 Å². The highest BCUT2D eigenvalue weighted by Gasteiger charge is 2.32. The lowest BCUT2D eigenvalue weighted by Crippen LogP contribution is -2.57. The lowest BCUT2D eigenvalue weighted by molar-refractivity contribution is -0.133. The van der Waals surface area contributed by atoms with Gasteiger partial charge in [-0.15, -0.1) is 0 Å². The van der Waals surface area contributed by atoms with Crippen molar-refractivity contribution in [1.82, 2.24) is 10.2 Å². The van der Waals surface area contributed by atoms with Crippen molar-refractivity contribution < 1.29 is 22.7 Å². The predicted molar refractivity (Wildman–Crippen MR) is 101 cm³/mol. The van der Waals surface area contributed by atoms with Crippen molar-refractivity contribution in [2.45, 2.75) is 51.3 Å². The summed E-state index contributed by atoms with van der Waals surface area (Å²) >= 11 is 0. The molecular weight excluding hydrogens is 371 g/mol. The number of rotatable bonds is 7. The Morgan fingerprint density at radius 1 is 1.32 bits per heavy atom. The van der Waals surface area contributed by atoms with Gasteiger partial charge in [0.15, 0.2) is 11.6 Å². The average molecular weight is 399 g/mol. The molecule has 0 aliphatic carbocycles. The van der Waals surface area contributed by atoms with E-state index >= 15 is 0 Å². The van der Waals surface area contributed by atoms with E-state index in [-0.39, 0.29) is 30.9 Å². The number of halogens is 3. The summed E-state index contributed by atoms with van der Waals surface area (Å²) in [6, 6.07) is 0.233. The first-order valence-electron chi connectivity index (χ1n) is 9.23. The molecule has 28 heavy (non-hydrogen) atoms. The Hall–Kier alpha value is -2.06. The third-order valence-corrected chi connectivity index (χ3v) is 4.48. The molecule has 1 heterocycles. The van der Waals surface area contributed by atoms with Crippen LogP contribution in [0.25, 0.3) is 0 Å². The van der Waals surface area contributed by atoms with Gasteiger partial charge in [0.25, 0.3) is 0 Å². The van der Waals surface area contributed by atoms with Gasteiger partial charge in [-0.25, -0.2) is 13.2 Å². The van der Waals surface area contributed by atoms with Gasteiger partial charge in [0, 0.05) is 37.3 Å².